The molecule has 1 heterocycles. The van der Waals surface area contributed by atoms with Gasteiger partial charge in [0, 0.05) is 17.9 Å². The Balaban J connectivity index is 2.34. The summed E-state index contributed by atoms with van der Waals surface area (Å²) in [4.78, 5) is 0. The van der Waals surface area contributed by atoms with E-state index in [4.69, 9.17) is 9.62 Å². The highest BCUT2D eigenvalue weighted by molar-refractivity contribution is 6.03. The average molecular weight is 191 g/mol. The molecule has 0 saturated heterocycles. The van der Waals surface area contributed by atoms with E-state index in [0.717, 1.165) is 36.3 Å². The van der Waals surface area contributed by atoms with Crippen molar-refractivity contribution in [3.63, 3.8) is 0 Å². The number of rotatable bonds is 2. The van der Waals surface area contributed by atoms with Crippen molar-refractivity contribution < 1.29 is 9.62 Å². The molecule has 0 radical (unpaired) electrons. The summed E-state index contributed by atoms with van der Waals surface area (Å²) in [5.74, 6) is 1.21. The quantitative estimate of drug-likeness (QED) is 0.443. The van der Waals surface area contributed by atoms with E-state index in [-0.39, 0.29) is 5.92 Å². The lowest BCUT2D eigenvalue weighted by Crippen LogP contribution is -2.21. The molecule has 3 heteroatoms. The van der Waals surface area contributed by atoms with Crippen molar-refractivity contribution in [2.45, 2.75) is 19.3 Å². The lowest BCUT2D eigenvalue weighted by Gasteiger charge is -2.20. The zero-order chi connectivity index (χ0) is 9.97. The zero-order valence-corrected chi connectivity index (χ0v) is 7.94. The van der Waals surface area contributed by atoms with E-state index < -0.39 is 0 Å². The van der Waals surface area contributed by atoms with E-state index in [1.807, 2.05) is 12.1 Å². The van der Waals surface area contributed by atoms with Crippen molar-refractivity contribution in [3.8, 4) is 0 Å². The molecule has 1 aliphatic carbocycles. The van der Waals surface area contributed by atoms with Gasteiger partial charge in [-0.3, -0.25) is 0 Å². The summed E-state index contributed by atoms with van der Waals surface area (Å²) in [7, 11) is 0. The van der Waals surface area contributed by atoms with Gasteiger partial charge in [-0.25, -0.2) is 0 Å². The second-order valence-corrected chi connectivity index (χ2v) is 3.50. The summed E-state index contributed by atoms with van der Waals surface area (Å²) in [5, 5.41) is 12.3. The molecule has 14 heavy (non-hydrogen) atoms. The van der Waals surface area contributed by atoms with Gasteiger partial charge in [0.2, 0.25) is 0 Å². The van der Waals surface area contributed by atoms with Crippen LogP contribution in [0.4, 0.5) is 0 Å². The monoisotopic (exact) mass is 191 g/mol. The predicted octanol–water partition coefficient (Wildman–Crippen LogP) is 2.60. The molecule has 74 valence electrons. The second kappa shape index (κ2) is 3.70. The lowest BCUT2D eigenvalue weighted by molar-refractivity contribution is 0.313. The van der Waals surface area contributed by atoms with E-state index in [2.05, 4.69) is 11.7 Å². The molecule has 1 aromatic heterocycles. The maximum Gasteiger partial charge on any atom is 0.112 e. The summed E-state index contributed by atoms with van der Waals surface area (Å²) < 4.78 is 5.30. The molecular weight excluding hydrogens is 178 g/mol. The van der Waals surface area contributed by atoms with Crippen LogP contribution in [0, 0.1) is 5.92 Å². The van der Waals surface area contributed by atoms with Gasteiger partial charge in [0.05, 0.1) is 12.0 Å². The Bertz CT molecular complexity index is 365. The van der Waals surface area contributed by atoms with Gasteiger partial charge >= 0.3 is 0 Å². The van der Waals surface area contributed by atoms with Gasteiger partial charge in [-0.05, 0) is 18.9 Å². The highest BCUT2D eigenvalue weighted by atomic mass is 16.4. The molecule has 0 aliphatic heterocycles. The van der Waals surface area contributed by atoms with Crippen LogP contribution >= 0.6 is 0 Å². The SMILES string of the molecule is C=CCC1CCc2occc2C1=NO. The molecular formula is C11H13NO2. The minimum atomic E-state index is 0.280. The summed E-state index contributed by atoms with van der Waals surface area (Å²) >= 11 is 0. The molecule has 0 saturated carbocycles. The fraction of sp³-hybridized carbons (Fsp3) is 0.364. The van der Waals surface area contributed by atoms with Crippen LogP contribution in [0.1, 0.15) is 24.2 Å². The van der Waals surface area contributed by atoms with Crippen LogP contribution in [-0.4, -0.2) is 10.9 Å². The maximum absolute atomic E-state index is 8.97. The van der Waals surface area contributed by atoms with Crippen molar-refractivity contribution in [1.29, 1.82) is 0 Å². The molecule has 1 unspecified atom stereocenters. The van der Waals surface area contributed by atoms with Gasteiger partial charge in [0.15, 0.2) is 0 Å². The highest BCUT2D eigenvalue weighted by Gasteiger charge is 2.27. The van der Waals surface area contributed by atoms with E-state index in [1.165, 1.54) is 0 Å². The minimum Gasteiger partial charge on any atom is -0.469 e. The molecule has 0 bridgehead atoms. The van der Waals surface area contributed by atoms with Gasteiger partial charge in [-0.2, -0.15) is 0 Å². The Hall–Kier alpha value is -1.51. The molecule has 0 aromatic carbocycles. The number of allylic oxidation sites excluding steroid dienone is 1. The summed E-state index contributed by atoms with van der Waals surface area (Å²) in [5.41, 5.74) is 1.69. The molecule has 2 rings (SSSR count). The van der Waals surface area contributed by atoms with Crippen LogP contribution in [-0.2, 0) is 6.42 Å². The first-order chi connectivity index (χ1) is 6.86. The van der Waals surface area contributed by atoms with Crippen LogP contribution in [0.5, 0.6) is 0 Å². The first-order valence-corrected chi connectivity index (χ1v) is 4.76. The van der Waals surface area contributed by atoms with E-state index in [0.29, 0.717) is 0 Å². The third-order valence-corrected chi connectivity index (χ3v) is 2.69. The molecule has 1 atom stereocenters. The van der Waals surface area contributed by atoms with Crippen molar-refractivity contribution in [3.05, 3.63) is 36.3 Å². The zero-order valence-electron chi connectivity index (χ0n) is 7.94. The summed E-state index contributed by atoms with van der Waals surface area (Å²) in [6, 6.07) is 1.86. The fourth-order valence-corrected chi connectivity index (χ4v) is 1.99. The Labute approximate surface area is 82.7 Å². The van der Waals surface area contributed by atoms with Gasteiger partial charge in [-0.15, -0.1) is 6.58 Å². The first kappa shape index (κ1) is 9.06. The first-order valence-electron chi connectivity index (χ1n) is 4.76. The third kappa shape index (κ3) is 1.35. The topological polar surface area (TPSA) is 45.7 Å². The number of fused-ring (bicyclic) bond motifs is 1. The maximum atomic E-state index is 8.97. The number of aryl methyl sites for hydroxylation is 1. The number of furan rings is 1. The summed E-state index contributed by atoms with van der Waals surface area (Å²) in [6.07, 6.45) is 6.24. The minimum absolute atomic E-state index is 0.280. The molecule has 1 N–H and O–H groups in total. The third-order valence-electron chi connectivity index (χ3n) is 2.69. The van der Waals surface area contributed by atoms with Gasteiger partial charge in [-0.1, -0.05) is 11.2 Å². The van der Waals surface area contributed by atoms with Crippen LogP contribution < -0.4 is 0 Å². The summed E-state index contributed by atoms with van der Waals surface area (Å²) in [6.45, 7) is 3.71. The standard InChI is InChI=1S/C11H13NO2/c1-2-3-8-4-5-10-9(6-7-14-10)11(8)12-13/h2,6-8,13H,1,3-5H2. The van der Waals surface area contributed by atoms with Crippen LogP contribution in [0.25, 0.3) is 0 Å². The Morgan fingerprint density at radius 3 is 3.29 bits per heavy atom. The van der Waals surface area contributed by atoms with Gasteiger partial charge in [0.1, 0.15) is 5.76 Å². The Morgan fingerprint density at radius 2 is 2.57 bits per heavy atom. The number of nitrogens with zero attached hydrogens (tertiary/aromatic N) is 1. The number of oxime groups is 1. The fourth-order valence-electron chi connectivity index (χ4n) is 1.99. The van der Waals surface area contributed by atoms with Crippen LogP contribution in [0.15, 0.2) is 34.6 Å². The normalized spacial score (nSPS) is 23.4. The molecule has 3 nitrogen and oxygen atoms in total. The Kier molecular flexibility index (Phi) is 2.39. The van der Waals surface area contributed by atoms with E-state index >= 15 is 0 Å². The van der Waals surface area contributed by atoms with E-state index in [1.54, 1.807) is 6.26 Å². The molecule has 1 aromatic rings. The van der Waals surface area contributed by atoms with Crippen molar-refractivity contribution in [2.24, 2.45) is 11.1 Å². The van der Waals surface area contributed by atoms with Crippen molar-refractivity contribution in [1.82, 2.24) is 0 Å². The molecule has 0 spiro atoms. The smallest absolute Gasteiger partial charge is 0.112 e. The molecule has 0 fully saturated rings. The number of hydrogen-bond acceptors (Lipinski definition) is 3. The van der Waals surface area contributed by atoms with Crippen molar-refractivity contribution >= 4 is 5.71 Å². The van der Waals surface area contributed by atoms with Crippen LogP contribution in [0.2, 0.25) is 0 Å². The molecule has 0 amide bonds. The average Bonchev–Trinajstić information content (AvgIpc) is 2.66. The van der Waals surface area contributed by atoms with E-state index in [9.17, 15) is 0 Å². The highest BCUT2D eigenvalue weighted by Crippen LogP contribution is 2.29. The lowest BCUT2D eigenvalue weighted by atomic mass is 9.84. The Morgan fingerprint density at radius 1 is 1.71 bits per heavy atom. The largest absolute Gasteiger partial charge is 0.469 e. The van der Waals surface area contributed by atoms with Gasteiger partial charge < -0.3 is 9.62 Å². The van der Waals surface area contributed by atoms with Gasteiger partial charge in [0.25, 0.3) is 0 Å². The second-order valence-electron chi connectivity index (χ2n) is 3.50. The molecule has 1 aliphatic rings. The van der Waals surface area contributed by atoms with Crippen LogP contribution in [0.3, 0.4) is 0 Å². The number of hydrogen-bond donors (Lipinski definition) is 1. The van der Waals surface area contributed by atoms with Crippen molar-refractivity contribution in [2.75, 3.05) is 0 Å². The predicted molar refractivity (Wildman–Crippen MR) is 53.7 cm³/mol.